The second-order valence-electron chi connectivity index (χ2n) is 7.29. The summed E-state index contributed by atoms with van der Waals surface area (Å²) < 4.78 is 0. The van der Waals surface area contributed by atoms with Crippen molar-refractivity contribution in [1.82, 2.24) is 10.3 Å². The van der Waals surface area contributed by atoms with Crippen LogP contribution in [0.2, 0.25) is 0 Å². The maximum Gasteiger partial charge on any atom is 0.0459 e. The van der Waals surface area contributed by atoms with E-state index in [4.69, 9.17) is 4.98 Å². The van der Waals surface area contributed by atoms with Crippen molar-refractivity contribution in [2.45, 2.75) is 84.1 Å². The first kappa shape index (κ1) is 16.8. The molecule has 1 aromatic rings. The lowest BCUT2D eigenvalue weighted by Gasteiger charge is -2.29. The first-order valence-electron chi connectivity index (χ1n) is 9.80. The standard InChI is InChI=1S/C20H33N3/c1-3-21-14-8-9-15(2)22-20-16-10-4-6-12-18(16)23-19-13-7-5-11-17(19)20/h15,21H,3-14H2,1-2H3,(H,22,23)/t15-/m0/s1. The molecule has 2 aliphatic rings. The number of hydrogen-bond donors (Lipinski definition) is 2. The van der Waals surface area contributed by atoms with E-state index in [1.165, 1.54) is 81.3 Å². The summed E-state index contributed by atoms with van der Waals surface area (Å²) >= 11 is 0. The van der Waals surface area contributed by atoms with Gasteiger partial charge in [0.15, 0.2) is 0 Å². The van der Waals surface area contributed by atoms with Crippen LogP contribution in [-0.4, -0.2) is 24.1 Å². The molecule has 3 rings (SSSR count). The molecule has 23 heavy (non-hydrogen) atoms. The molecule has 0 aromatic carbocycles. The molecule has 0 spiro atoms. The SMILES string of the molecule is CCNCCC[C@H](C)Nc1c2c(nc3c1CCCC3)CCCC2. The molecule has 3 nitrogen and oxygen atoms in total. The molecule has 2 N–H and O–H groups in total. The minimum absolute atomic E-state index is 0.549. The van der Waals surface area contributed by atoms with E-state index in [0.29, 0.717) is 6.04 Å². The summed E-state index contributed by atoms with van der Waals surface area (Å²) in [5.74, 6) is 0. The monoisotopic (exact) mass is 315 g/mol. The van der Waals surface area contributed by atoms with Crippen molar-refractivity contribution in [3.8, 4) is 0 Å². The van der Waals surface area contributed by atoms with Crippen molar-refractivity contribution in [2.75, 3.05) is 18.4 Å². The van der Waals surface area contributed by atoms with Crippen molar-refractivity contribution >= 4 is 5.69 Å². The topological polar surface area (TPSA) is 37.0 Å². The summed E-state index contributed by atoms with van der Waals surface area (Å²) in [7, 11) is 0. The Morgan fingerprint density at radius 2 is 1.57 bits per heavy atom. The lowest BCUT2D eigenvalue weighted by Crippen LogP contribution is -2.24. The average molecular weight is 316 g/mol. The predicted molar refractivity (Wildman–Crippen MR) is 98.4 cm³/mol. The van der Waals surface area contributed by atoms with Crippen LogP contribution < -0.4 is 10.6 Å². The number of anilines is 1. The van der Waals surface area contributed by atoms with Crippen molar-refractivity contribution in [2.24, 2.45) is 0 Å². The highest BCUT2D eigenvalue weighted by Crippen LogP contribution is 2.35. The minimum atomic E-state index is 0.549. The third-order valence-electron chi connectivity index (χ3n) is 5.38. The smallest absolute Gasteiger partial charge is 0.0459 e. The fraction of sp³-hybridized carbons (Fsp3) is 0.750. The molecule has 0 amide bonds. The van der Waals surface area contributed by atoms with Gasteiger partial charge in [0.2, 0.25) is 0 Å². The van der Waals surface area contributed by atoms with E-state index >= 15 is 0 Å². The maximum atomic E-state index is 5.06. The molecule has 0 unspecified atom stereocenters. The summed E-state index contributed by atoms with van der Waals surface area (Å²) in [4.78, 5) is 5.06. The van der Waals surface area contributed by atoms with Crippen LogP contribution in [0, 0.1) is 0 Å². The maximum absolute atomic E-state index is 5.06. The molecule has 1 atom stereocenters. The molecule has 0 radical (unpaired) electrons. The Labute approximate surface area is 141 Å². The molecule has 3 heteroatoms. The first-order chi connectivity index (χ1) is 11.3. The highest BCUT2D eigenvalue weighted by atomic mass is 14.9. The van der Waals surface area contributed by atoms with Gasteiger partial charge in [0, 0.05) is 23.1 Å². The minimum Gasteiger partial charge on any atom is -0.382 e. The van der Waals surface area contributed by atoms with Crippen LogP contribution in [0.5, 0.6) is 0 Å². The van der Waals surface area contributed by atoms with Crippen LogP contribution >= 0.6 is 0 Å². The normalized spacial score (nSPS) is 18.2. The Bertz CT molecular complexity index is 490. The van der Waals surface area contributed by atoms with E-state index in [2.05, 4.69) is 24.5 Å². The molecule has 128 valence electrons. The summed E-state index contributed by atoms with van der Waals surface area (Å²) in [6.07, 6.45) is 12.6. The Kier molecular flexibility index (Phi) is 5.93. The first-order valence-corrected chi connectivity index (χ1v) is 9.80. The summed E-state index contributed by atoms with van der Waals surface area (Å²) in [5, 5.41) is 7.34. The number of nitrogens with zero attached hydrogens (tertiary/aromatic N) is 1. The molecule has 0 saturated heterocycles. The zero-order chi connectivity index (χ0) is 16.1. The van der Waals surface area contributed by atoms with Gasteiger partial charge in [-0.1, -0.05) is 6.92 Å². The second kappa shape index (κ2) is 8.14. The molecular formula is C20H33N3. The van der Waals surface area contributed by atoms with Crippen molar-refractivity contribution in [3.05, 3.63) is 22.5 Å². The zero-order valence-corrected chi connectivity index (χ0v) is 15.0. The Hall–Kier alpha value is -1.09. The molecule has 0 aliphatic heterocycles. The fourth-order valence-electron chi connectivity index (χ4n) is 4.11. The molecule has 0 bridgehead atoms. The van der Waals surface area contributed by atoms with Gasteiger partial charge in [-0.3, -0.25) is 4.98 Å². The van der Waals surface area contributed by atoms with E-state index in [0.717, 1.165) is 13.1 Å². The van der Waals surface area contributed by atoms with Gasteiger partial charge >= 0.3 is 0 Å². The average Bonchev–Trinajstić information content (AvgIpc) is 2.58. The van der Waals surface area contributed by atoms with Crippen LogP contribution in [0.15, 0.2) is 0 Å². The van der Waals surface area contributed by atoms with Crippen molar-refractivity contribution in [1.29, 1.82) is 0 Å². The van der Waals surface area contributed by atoms with E-state index in [1.54, 1.807) is 11.1 Å². The molecule has 0 saturated carbocycles. The number of fused-ring (bicyclic) bond motifs is 2. The van der Waals surface area contributed by atoms with Crippen LogP contribution in [0.4, 0.5) is 5.69 Å². The van der Waals surface area contributed by atoms with Gasteiger partial charge in [-0.2, -0.15) is 0 Å². The van der Waals surface area contributed by atoms with Crippen LogP contribution in [0.25, 0.3) is 0 Å². The van der Waals surface area contributed by atoms with E-state index in [-0.39, 0.29) is 0 Å². The van der Waals surface area contributed by atoms with Crippen molar-refractivity contribution in [3.63, 3.8) is 0 Å². The van der Waals surface area contributed by atoms with Gasteiger partial charge in [-0.25, -0.2) is 0 Å². The lowest BCUT2D eigenvalue weighted by atomic mass is 9.87. The molecule has 0 fully saturated rings. The number of aromatic nitrogens is 1. The van der Waals surface area contributed by atoms with Crippen LogP contribution in [0.1, 0.15) is 74.9 Å². The fourth-order valence-corrected chi connectivity index (χ4v) is 4.11. The van der Waals surface area contributed by atoms with Gasteiger partial charge < -0.3 is 10.6 Å². The molecule has 1 aromatic heterocycles. The second-order valence-corrected chi connectivity index (χ2v) is 7.29. The van der Waals surface area contributed by atoms with Crippen LogP contribution in [0.3, 0.4) is 0 Å². The third-order valence-corrected chi connectivity index (χ3v) is 5.38. The Morgan fingerprint density at radius 3 is 2.17 bits per heavy atom. The summed E-state index contributed by atoms with van der Waals surface area (Å²) in [6, 6.07) is 0.549. The van der Waals surface area contributed by atoms with Gasteiger partial charge in [0.25, 0.3) is 0 Å². The Morgan fingerprint density at radius 1 is 0.957 bits per heavy atom. The largest absolute Gasteiger partial charge is 0.382 e. The quantitative estimate of drug-likeness (QED) is 0.746. The van der Waals surface area contributed by atoms with E-state index in [1.807, 2.05) is 0 Å². The van der Waals surface area contributed by atoms with Gasteiger partial charge in [0.1, 0.15) is 0 Å². The number of hydrogen-bond acceptors (Lipinski definition) is 3. The number of pyridine rings is 1. The predicted octanol–water partition coefficient (Wildman–Crippen LogP) is 4.03. The zero-order valence-electron chi connectivity index (χ0n) is 15.0. The van der Waals surface area contributed by atoms with Gasteiger partial charge in [-0.15, -0.1) is 0 Å². The van der Waals surface area contributed by atoms with Gasteiger partial charge in [-0.05, 0) is 95.3 Å². The highest BCUT2D eigenvalue weighted by Gasteiger charge is 2.23. The van der Waals surface area contributed by atoms with E-state index < -0.39 is 0 Å². The lowest BCUT2D eigenvalue weighted by molar-refractivity contribution is 0.596. The Balaban J connectivity index is 1.76. The summed E-state index contributed by atoms with van der Waals surface area (Å²) in [5.41, 5.74) is 7.39. The third kappa shape index (κ3) is 4.06. The number of aryl methyl sites for hydroxylation is 2. The summed E-state index contributed by atoms with van der Waals surface area (Å²) in [6.45, 7) is 6.73. The molecular weight excluding hydrogens is 282 g/mol. The highest BCUT2D eigenvalue weighted by molar-refractivity contribution is 5.62. The van der Waals surface area contributed by atoms with E-state index in [9.17, 15) is 0 Å². The number of rotatable bonds is 7. The van der Waals surface area contributed by atoms with Crippen molar-refractivity contribution < 1.29 is 0 Å². The van der Waals surface area contributed by atoms with Gasteiger partial charge in [0.05, 0.1) is 0 Å². The molecule has 1 heterocycles. The van der Waals surface area contributed by atoms with Crippen LogP contribution in [-0.2, 0) is 25.7 Å². The molecule has 2 aliphatic carbocycles. The number of nitrogens with one attached hydrogen (secondary N) is 2.